The van der Waals surface area contributed by atoms with E-state index >= 15 is 0 Å². The highest BCUT2D eigenvalue weighted by Gasteiger charge is 2.03. The van der Waals surface area contributed by atoms with Crippen molar-refractivity contribution in [2.24, 2.45) is 0 Å². The van der Waals surface area contributed by atoms with Crippen LogP contribution in [-0.4, -0.2) is 13.0 Å². The average molecular weight is 277 g/mol. The first kappa shape index (κ1) is 9.47. The topological polar surface area (TPSA) is 38.3 Å². The van der Waals surface area contributed by atoms with Gasteiger partial charge in [-0.05, 0) is 40.8 Å². The highest BCUT2D eigenvalue weighted by atomic mass is 127. The molecule has 0 radical (unpaired) electrons. The first-order chi connectivity index (χ1) is 5.74. The summed E-state index contributed by atoms with van der Waals surface area (Å²) in [7, 11) is 1.41. The molecule has 1 N–H and O–H groups in total. The lowest BCUT2D eigenvalue weighted by Crippen LogP contribution is -2.21. The molecule has 0 heterocycles. The van der Waals surface area contributed by atoms with E-state index in [9.17, 15) is 4.79 Å². The van der Waals surface area contributed by atoms with Gasteiger partial charge in [-0.1, -0.05) is 6.07 Å². The van der Waals surface area contributed by atoms with Crippen molar-refractivity contribution in [1.82, 2.24) is 5.48 Å². The van der Waals surface area contributed by atoms with Crippen LogP contribution in [-0.2, 0) is 4.84 Å². The summed E-state index contributed by atoms with van der Waals surface area (Å²) in [4.78, 5) is 15.7. The summed E-state index contributed by atoms with van der Waals surface area (Å²) in [6.45, 7) is 0. The number of carbonyl (C=O) groups is 1. The fourth-order valence-corrected chi connectivity index (χ4v) is 1.32. The van der Waals surface area contributed by atoms with E-state index in [1.54, 1.807) is 12.1 Å². The van der Waals surface area contributed by atoms with Gasteiger partial charge in [0.15, 0.2) is 0 Å². The molecule has 4 heteroatoms. The third kappa shape index (κ3) is 2.46. The Balaban J connectivity index is 2.81. The molecule has 0 unspecified atom stereocenters. The molecule has 12 heavy (non-hydrogen) atoms. The number of hydrogen-bond donors (Lipinski definition) is 1. The quantitative estimate of drug-likeness (QED) is 0.658. The number of nitrogens with one attached hydrogen (secondary N) is 1. The maximum absolute atomic E-state index is 11.2. The Morgan fingerprint density at radius 3 is 2.92 bits per heavy atom. The van der Waals surface area contributed by atoms with E-state index in [4.69, 9.17) is 0 Å². The van der Waals surface area contributed by atoms with Crippen LogP contribution in [0.3, 0.4) is 0 Å². The highest BCUT2D eigenvalue weighted by Crippen LogP contribution is 2.07. The normalized spacial score (nSPS) is 9.50. The number of hydrogen-bond acceptors (Lipinski definition) is 2. The maximum atomic E-state index is 11.2. The molecule has 1 aromatic rings. The van der Waals surface area contributed by atoms with Crippen molar-refractivity contribution in [3.8, 4) is 0 Å². The molecule has 64 valence electrons. The first-order valence-corrected chi connectivity index (χ1v) is 4.41. The van der Waals surface area contributed by atoms with Crippen LogP contribution in [0.1, 0.15) is 10.4 Å². The summed E-state index contributed by atoms with van der Waals surface area (Å²) in [5, 5.41) is 0. The lowest BCUT2D eigenvalue weighted by molar-refractivity contribution is 0.0537. The summed E-state index contributed by atoms with van der Waals surface area (Å²) in [6.07, 6.45) is 0. The predicted molar refractivity (Wildman–Crippen MR) is 53.6 cm³/mol. The highest BCUT2D eigenvalue weighted by molar-refractivity contribution is 14.1. The molecule has 0 aliphatic heterocycles. The Bertz CT molecular complexity index is 288. The summed E-state index contributed by atoms with van der Waals surface area (Å²) in [5.41, 5.74) is 2.85. The van der Waals surface area contributed by atoms with E-state index in [2.05, 4.69) is 32.9 Å². The molecule has 0 bridgehead atoms. The van der Waals surface area contributed by atoms with Gasteiger partial charge >= 0.3 is 0 Å². The molecule has 0 saturated heterocycles. The Kier molecular flexibility index (Phi) is 3.48. The monoisotopic (exact) mass is 277 g/mol. The van der Waals surface area contributed by atoms with Crippen LogP contribution in [0.5, 0.6) is 0 Å². The van der Waals surface area contributed by atoms with Crippen molar-refractivity contribution < 1.29 is 9.63 Å². The third-order valence-corrected chi connectivity index (χ3v) is 1.95. The van der Waals surface area contributed by atoms with Gasteiger partial charge in [-0.25, -0.2) is 5.48 Å². The smallest absolute Gasteiger partial charge is 0.274 e. The molecule has 0 spiro atoms. The van der Waals surface area contributed by atoms with E-state index in [1.807, 2.05) is 12.1 Å². The fourth-order valence-electron chi connectivity index (χ4n) is 0.781. The molecule has 1 rings (SSSR count). The Hall–Kier alpha value is -0.620. The van der Waals surface area contributed by atoms with Gasteiger partial charge in [-0.3, -0.25) is 9.63 Å². The average Bonchev–Trinajstić information content (AvgIpc) is 2.05. The zero-order valence-electron chi connectivity index (χ0n) is 6.50. The molecule has 0 aliphatic carbocycles. The fraction of sp³-hybridized carbons (Fsp3) is 0.125. The van der Waals surface area contributed by atoms with Crippen LogP contribution < -0.4 is 5.48 Å². The van der Waals surface area contributed by atoms with E-state index in [1.165, 1.54) is 7.11 Å². The molecule has 1 amide bonds. The Morgan fingerprint density at radius 2 is 2.33 bits per heavy atom. The number of rotatable bonds is 2. The van der Waals surface area contributed by atoms with Crippen molar-refractivity contribution in [1.29, 1.82) is 0 Å². The van der Waals surface area contributed by atoms with Crippen LogP contribution >= 0.6 is 22.6 Å². The standard InChI is InChI=1S/C8H8INO2/c1-12-10-8(11)6-3-2-4-7(9)5-6/h2-5H,1H3,(H,10,11). The van der Waals surface area contributed by atoms with E-state index < -0.39 is 0 Å². The molecule has 0 atom stereocenters. The van der Waals surface area contributed by atoms with Gasteiger partial charge < -0.3 is 0 Å². The second-order valence-electron chi connectivity index (χ2n) is 2.15. The number of benzene rings is 1. The molecule has 3 nitrogen and oxygen atoms in total. The van der Waals surface area contributed by atoms with Gasteiger partial charge in [0.05, 0.1) is 7.11 Å². The van der Waals surface area contributed by atoms with Gasteiger partial charge in [0.25, 0.3) is 5.91 Å². The van der Waals surface area contributed by atoms with Crippen LogP contribution in [0.2, 0.25) is 0 Å². The van der Waals surface area contributed by atoms with Crippen LogP contribution in [0.25, 0.3) is 0 Å². The van der Waals surface area contributed by atoms with Gasteiger partial charge in [0.2, 0.25) is 0 Å². The summed E-state index contributed by atoms with van der Waals surface area (Å²) < 4.78 is 1.02. The molecular formula is C8H8INO2. The molecule has 0 aromatic heterocycles. The zero-order chi connectivity index (χ0) is 8.97. The Labute approximate surface area is 84.2 Å². The van der Waals surface area contributed by atoms with E-state index in [-0.39, 0.29) is 5.91 Å². The van der Waals surface area contributed by atoms with Crippen molar-refractivity contribution in [2.45, 2.75) is 0 Å². The van der Waals surface area contributed by atoms with Crippen molar-refractivity contribution in [2.75, 3.05) is 7.11 Å². The Morgan fingerprint density at radius 1 is 1.58 bits per heavy atom. The molecule has 0 aliphatic rings. The van der Waals surface area contributed by atoms with Crippen LogP contribution in [0.15, 0.2) is 24.3 Å². The van der Waals surface area contributed by atoms with Gasteiger partial charge in [-0.2, -0.15) is 0 Å². The van der Waals surface area contributed by atoms with Crippen molar-refractivity contribution in [3.05, 3.63) is 33.4 Å². The zero-order valence-corrected chi connectivity index (χ0v) is 8.66. The lowest BCUT2D eigenvalue weighted by atomic mass is 10.2. The summed E-state index contributed by atoms with van der Waals surface area (Å²) in [5.74, 6) is -0.226. The molecular weight excluding hydrogens is 269 g/mol. The van der Waals surface area contributed by atoms with Crippen molar-refractivity contribution in [3.63, 3.8) is 0 Å². The number of halogens is 1. The molecule has 0 fully saturated rings. The largest absolute Gasteiger partial charge is 0.277 e. The summed E-state index contributed by atoms with van der Waals surface area (Å²) in [6, 6.07) is 7.27. The first-order valence-electron chi connectivity index (χ1n) is 3.33. The van der Waals surface area contributed by atoms with E-state index in [0.29, 0.717) is 5.56 Å². The SMILES string of the molecule is CONC(=O)c1cccc(I)c1. The van der Waals surface area contributed by atoms with Gasteiger partial charge in [-0.15, -0.1) is 0 Å². The maximum Gasteiger partial charge on any atom is 0.274 e. The minimum absolute atomic E-state index is 0.226. The predicted octanol–water partition coefficient (Wildman–Crippen LogP) is 1.58. The third-order valence-electron chi connectivity index (χ3n) is 1.28. The second kappa shape index (κ2) is 4.42. The van der Waals surface area contributed by atoms with Gasteiger partial charge in [0.1, 0.15) is 0 Å². The molecule has 1 aromatic carbocycles. The van der Waals surface area contributed by atoms with Crippen LogP contribution in [0.4, 0.5) is 0 Å². The number of hydroxylamine groups is 1. The minimum Gasteiger partial charge on any atom is -0.277 e. The van der Waals surface area contributed by atoms with Gasteiger partial charge in [0, 0.05) is 9.13 Å². The minimum atomic E-state index is -0.226. The number of carbonyl (C=O) groups excluding carboxylic acids is 1. The number of amides is 1. The second-order valence-corrected chi connectivity index (χ2v) is 3.39. The summed E-state index contributed by atoms with van der Waals surface area (Å²) >= 11 is 2.15. The van der Waals surface area contributed by atoms with Crippen molar-refractivity contribution >= 4 is 28.5 Å². The van der Waals surface area contributed by atoms with E-state index in [0.717, 1.165) is 3.57 Å². The van der Waals surface area contributed by atoms with Crippen LogP contribution in [0, 0.1) is 3.57 Å². The lowest BCUT2D eigenvalue weighted by Gasteiger charge is -2.01. The molecule has 0 saturated carbocycles.